The molecule has 0 amide bonds. The Kier molecular flexibility index (Phi) is 5.77. The van der Waals surface area contributed by atoms with E-state index in [1.807, 2.05) is 0 Å². The van der Waals surface area contributed by atoms with Crippen LogP contribution in [-0.4, -0.2) is 25.5 Å². The summed E-state index contributed by atoms with van der Waals surface area (Å²) in [6.07, 6.45) is 0. The van der Waals surface area contributed by atoms with Crippen LogP contribution in [-0.2, 0) is 19.9 Å². The molecule has 1 N–H and O–H groups in total. The molecule has 2 aromatic carbocycles. The fourth-order valence-corrected chi connectivity index (χ4v) is 5.40. The maximum Gasteiger partial charge on any atom is 0.474 e. The smallest absolute Gasteiger partial charge is 0.280 e. The molecule has 2 rings (SSSR count). The SMILES string of the molecule is Cc1cc(NS(=O)(=O)c2ccccc2)cc(C)c1S(=O)(=O)C(Cl)(Cl)[N+](=O)[O-]. The summed E-state index contributed by atoms with van der Waals surface area (Å²) in [4.78, 5) is 9.20. The first-order valence-corrected chi connectivity index (χ1v) is 11.0. The lowest BCUT2D eigenvalue weighted by Crippen LogP contribution is -2.35. The fourth-order valence-electron chi connectivity index (χ4n) is 2.47. The first kappa shape index (κ1) is 21.4. The van der Waals surface area contributed by atoms with Crippen molar-refractivity contribution in [1.82, 2.24) is 0 Å². The Labute approximate surface area is 166 Å². The molecule has 0 aliphatic rings. The first-order chi connectivity index (χ1) is 12.3. The molecular weight excluding hydrogens is 439 g/mol. The van der Waals surface area contributed by atoms with Gasteiger partial charge in [0.25, 0.3) is 19.9 Å². The summed E-state index contributed by atoms with van der Waals surface area (Å²) in [5.41, 5.74) is 0.185. The first-order valence-electron chi connectivity index (χ1n) is 7.27. The van der Waals surface area contributed by atoms with Gasteiger partial charge in [0.05, 0.1) is 14.7 Å². The zero-order valence-electron chi connectivity index (χ0n) is 14.0. The van der Waals surface area contributed by atoms with Gasteiger partial charge < -0.3 is 0 Å². The predicted molar refractivity (Wildman–Crippen MR) is 102 cm³/mol. The number of nitrogens with one attached hydrogen (secondary N) is 1. The molecule has 0 heterocycles. The molecule has 146 valence electrons. The molecule has 0 aromatic heterocycles. The van der Waals surface area contributed by atoms with E-state index in [9.17, 15) is 26.9 Å². The van der Waals surface area contributed by atoms with Gasteiger partial charge in [-0.25, -0.2) is 16.8 Å². The number of hydrogen-bond donors (Lipinski definition) is 1. The van der Waals surface area contributed by atoms with Crippen LogP contribution in [0.3, 0.4) is 0 Å². The number of sulfone groups is 1. The number of alkyl halides is 2. The van der Waals surface area contributed by atoms with E-state index >= 15 is 0 Å². The standard InChI is InChI=1S/C15H14Cl2N2O6S2/c1-10-8-12(18-27(24,25)13-6-4-3-5-7-13)9-11(2)14(10)26(22,23)15(16,17)19(20)21/h3-9,18H,1-2H3. The fraction of sp³-hybridized carbons (Fsp3) is 0.200. The van der Waals surface area contributed by atoms with Gasteiger partial charge in [-0.1, -0.05) is 18.2 Å². The molecule has 27 heavy (non-hydrogen) atoms. The summed E-state index contributed by atoms with van der Waals surface area (Å²) in [7, 11) is -8.65. The molecule has 8 nitrogen and oxygen atoms in total. The van der Waals surface area contributed by atoms with Crippen molar-refractivity contribution in [2.75, 3.05) is 4.72 Å². The molecular formula is C15H14Cl2N2O6S2. The molecule has 0 spiro atoms. The highest BCUT2D eigenvalue weighted by Crippen LogP contribution is 2.38. The van der Waals surface area contributed by atoms with Crippen LogP contribution in [0.5, 0.6) is 0 Å². The van der Waals surface area contributed by atoms with E-state index < -0.39 is 33.5 Å². The summed E-state index contributed by atoms with van der Waals surface area (Å²) < 4.78 is 48.9. The summed E-state index contributed by atoms with van der Waals surface area (Å²) in [5.74, 6) is 0. The lowest BCUT2D eigenvalue weighted by atomic mass is 10.1. The van der Waals surface area contributed by atoms with Gasteiger partial charge >= 0.3 is 3.79 Å². The number of sulfonamides is 1. The van der Waals surface area contributed by atoms with E-state index in [4.69, 9.17) is 23.2 Å². The van der Waals surface area contributed by atoms with E-state index in [1.165, 1.54) is 38.1 Å². The number of nitrogens with zero attached hydrogens (tertiary/aromatic N) is 1. The third-order valence-electron chi connectivity index (χ3n) is 3.57. The molecule has 0 bridgehead atoms. The number of rotatable bonds is 6. The van der Waals surface area contributed by atoms with Crippen LogP contribution in [0.1, 0.15) is 11.1 Å². The minimum Gasteiger partial charge on any atom is -0.280 e. The average Bonchev–Trinajstić information content (AvgIpc) is 2.54. The van der Waals surface area contributed by atoms with Crippen LogP contribution >= 0.6 is 23.2 Å². The normalized spacial score (nSPS) is 12.6. The Morgan fingerprint density at radius 1 is 1.00 bits per heavy atom. The number of halogens is 2. The second-order valence-electron chi connectivity index (χ2n) is 5.60. The lowest BCUT2D eigenvalue weighted by Gasteiger charge is -2.17. The number of aryl methyl sites for hydroxylation is 2. The minimum atomic E-state index is -4.76. The molecule has 0 radical (unpaired) electrons. The molecule has 12 heteroatoms. The topological polar surface area (TPSA) is 123 Å². The van der Waals surface area contributed by atoms with Crippen molar-refractivity contribution in [2.45, 2.75) is 27.4 Å². The highest BCUT2D eigenvalue weighted by atomic mass is 35.5. The van der Waals surface area contributed by atoms with Gasteiger partial charge in [-0.15, -0.1) is 0 Å². The van der Waals surface area contributed by atoms with E-state index in [1.54, 1.807) is 18.2 Å². The van der Waals surface area contributed by atoms with Gasteiger partial charge in [-0.05, 0) is 72.4 Å². The van der Waals surface area contributed by atoms with Gasteiger partial charge in [-0.2, -0.15) is 0 Å². The quantitative estimate of drug-likeness (QED) is 0.310. The molecule has 0 saturated carbocycles. The van der Waals surface area contributed by atoms with E-state index in [0.29, 0.717) is 0 Å². The van der Waals surface area contributed by atoms with Gasteiger partial charge in [0.1, 0.15) is 0 Å². The summed E-state index contributed by atoms with van der Waals surface area (Å²) in [6, 6.07) is 10.0. The maximum atomic E-state index is 12.5. The van der Waals surface area contributed by atoms with Gasteiger partial charge in [0.15, 0.2) is 0 Å². The molecule has 0 saturated heterocycles. The second kappa shape index (κ2) is 7.27. The van der Waals surface area contributed by atoms with Crippen molar-refractivity contribution in [3.8, 4) is 0 Å². The summed E-state index contributed by atoms with van der Waals surface area (Å²) in [5, 5.41) is 10.9. The predicted octanol–water partition coefficient (Wildman–Crippen LogP) is 3.24. The number of hydrogen-bond acceptors (Lipinski definition) is 6. The Balaban J connectivity index is 2.52. The van der Waals surface area contributed by atoms with Crippen molar-refractivity contribution < 1.29 is 21.8 Å². The Bertz CT molecular complexity index is 1080. The van der Waals surface area contributed by atoms with Crippen molar-refractivity contribution in [3.63, 3.8) is 0 Å². The van der Waals surface area contributed by atoms with Crippen LogP contribution in [0, 0.1) is 24.0 Å². The highest BCUT2D eigenvalue weighted by Gasteiger charge is 2.55. The van der Waals surface area contributed by atoms with Crippen LogP contribution in [0.15, 0.2) is 52.3 Å². The maximum absolute atomic E-state index is 12.5. The monoisotopic (exact) mass is 452 g/mol. The largest absolute Gasteiger partial charge is 0.474 e. The van der Waals surface area contributed by atoms with Crippen LogP contribution in [0.4, 0.5) is 5.69 Å². The van der Waals surface area contributed by atoms with E-state index in [-0.39, 0.29) is 21.7 Å². The third kappa shape index (κ3) is 4.03. The van der Waals surface area contributed by atoms with Crippen LogP contribution in [0.25, 0.3) is 0 Å². The van der Waals surface area contributed by atoms with Crippen molar-refractivity contribution in [2.24, 2.45) is 0 Å². The van der Waals surface area contributed by atoms with Crippen LogP contribution in [0.2, 0.25) is 0 Å². The molecule has 0 unspecified atom stereocenters. The summed E-state index contributed by atoms with van der Waals surface area (Å²) >= 11 is 10.9. The Hall–Kier alpha value is -1.88. The minimum absolute atomic E-state index is 0.0193. The van der Waals surface area contributed by atoms with Crippen molar-refractivity contribution in [3.05, 3.63) is 63.7 Å². The van der Waals surface area contributed by atoms with Crippen LogP contribution < -0.4 is 4.72 Å². The van der Waals surface area contributed by atoms with Crippen molar-refractivity contribution in [1.29, 1.82) is 0 Å². The lowest BCUT2D eigenvalue weighted by molar-refractivity contribution is -0.491. The highest BCUT2D eigenvalue weighted by molar-refractivity contribution is 7.95. The van der Waals surface area contributed by atoms with Crippen molar-refractivity contribution >= 4 is 48.7 Å². The number of anilines is 1. The zero-order valence-corrected chi connectivity index (χ0v) is 17.2. The zero-order chi connectivity index (χ0) is 20.6. The molecule has 2 aromatic rings. The molecule has 0 fully saturated rings. The van der Waals surface area contributed by atoms with E-state index in [2.05, 4.69) is 4.72 Å². The third-order valence-corrected chi connectivity index (χ3v) is 8.44. The molecule has 0 aliphatic carbocycles. The van der Waals surface area contributed by atoms with E-state index in [0.717, 1.165) is 0 Å². The summed E-state index contributed by atoms with van der Waals surface area (Å²) in [6.45, 7) is 2.70. The Morgan fingerprint density at radius 3 is 1.93 bits per heavy atom. The average molecular weight is 453 g/mol. The Morgan fingerprint density at radius 2 is 1.48 bits per heavy atom. The number of benzene rings is 2. The second-order valence-corrected chi connectivity index (χ2v) is 11.0. The molecule has 0 atom stereocenters. The van der Waals surface area contributed by atoms with Gasteiger partial charge in [-0.3, -0.25) is 14.8 Å². The van der Waals surface area contributed by atoms with Gasteiger partial charge in [0, 0.05) is 5.69 Å². The van der Waals surface area contributed by atoms with Gasteiger partial charge in [0.2, 0.25) is 0 Å². The number of nitro groups is 1. The molecule has 0 aliphatic heterocycles.